The highest BCUT2D eigenvalue weighted by molar-refractivity contribution is 5.20. The first-order valence-corrected chi connectivity index (χ1v) is 3.73. The Balaban J connectivity index is 2.65. The van der Waals surface area contributed by atoms with E-state index in [9.17, 15) is 5.11 Å². The minimum absolute atomic E-state index is 0.239. The van der Waals surface area contributed by atoms with Crippen molar-refractivity contribution in [2.24, 2.45) is 5.92 Å². The highest BCUT2D eigenvalue weighted by Crippen LogP contribution is 2.23. The first kappa shape index (κ1) is 7.55. The van der Waals surface area contributed by atoms with Crippen LogP contribution in [0.3, 0.4) is 0 Å². The van der Waals surface area contributed by atoms with E-state index in [1.54, 1.807) is 0 Å². The summed E-state index contributed by atoms with van der Waals surface area (Å²) in [6.07, 6.45) is 5.46. The van der Waals surface area contributed by atoms with Gasteiger partial charge in [-0.3, -0.25) is 0 Å². The zero-order valence-electron chi connectivity index (χ0n) is 6.38. The molecule has 1 rings (SSSR count). The van der Waals surface area contributed by atoms with Gasteiger partial charge in [-0.1, -0.05) is 25.7 Å². The highest BCUT2D eigenvalue weighted by atomic mass is 16.3. The zero-order valence-corrected chi connectivity index (χ0v) is 6.38. The fourth-order valence-electron chi connectivity index (χ4n) is 1.43. The minimum Gasteiger partial charge on any atom is -0.389 e. The van der Waals surface area contributed by atoms with Gasteiger partial charge in [0.2, 0.25) is 0 Å². The average molecular weight is 138 g/mol. The third-order valence-electron chi connectivity index (χ3n) is 1.90. The molecule has 56 valence electrons. The van der Waals surface area contributed by atoms with Crippen molar-refractivity contribution in [3.8, 4) is 0 Å². The van der Waals surface area contributed by atoms with Crippen molar-refractivity contribution in [1.82, 2.24) is 0 Å². The van der Waals surface area contributed by atoms with Crippen LogP contribution in [0.4, 0.5) is 0 Å². The third-order valence-corrected chi connectivity index (χ3v) is 1.90. The predicted molar refractivity (Wildman–Crippen MR) is 42.7 cm³/mol. The Hall–Kier alpha value is -0.560. The largest absolute Gasteiger partial charge is 0.389 e. The fraction of sp³-hybridized carbons (Fsp3) is 0.556. The molecule has 1 N–H and O–H groups in total. The second-order valence-electron chi connectivity index (χ2n) is 3.06. The third kappa shape index (κ3) is 1.71. The Kier molecular flexibility index (Phi) is 2.28. The lowest BCUT2D eigenvalue weighted by Crippen LogP contribution is -2.15. The second kappa shape index (κ2) is 3.02. The molecule has 0 unspecified atom stereocenters. The molecule has 0 radical (unpaired) electrons. The standard InChI is InChI=1S/C9H14O/c1-3-8-4-7(2)5-9(10)6-8/h3,6-7,9-10H,1,4-5H2,2H3/t7-,9+/m0/s1. The molecule has 0 fully saturated rings. The average Bonchev–Trinajstić information content (AvgIpc) is 1.85. The van der Waals surface area contributed by atoms with Gasteiger partial charge in [0.15, 0.2) is 0 Å². The summed E-state index contributed by atoms with van der Waals surface area (Å²) in [7, 11) is 0. The molecule has 0 heterocycles. The molecule has 0 spiro atoms. The van der Waals surface area contributed by atoms with E-state index in [4.69, 9.17) is 0 Å². The molecule has 1 aliphatic rings. The Bertz CT molecular complexity index is 158. The van der Waals surface area contributed by atoms with E-state index in [-0.39, 0.29) is 6.10 Å². The van der Waals surface area contributed by atoms with Crippen LogP contribution in [0.15, 0.2) is 24.3 Å². The number of hydrogen-bond donors (Lipinski definition) is 1. The number of aliphatic hydroxyl groups is 1. The normalized spacial score (nSPS) is 33.2. The summed E-state index contributed by atoms with van der Waals surface area (Å²) in [4.78, 5) is 0. The van der Waals surface area contributed by atoms with Crippen LogP contribution in [0.5, 0.6) is 0 Å². The maximum atomic E-state index is 9.26. The topological polar surface area (TPSA) is 20.2 Å². The molecule has 0 bridgehead atoms. The van der Waals surface area contributed by atoms with Crippen LogP contribution >= 0.6 is 0 Å². The monoisotopic (exact) mass is 138 g/mol. The van der Waals surface area contributed by atoms with Crippen LogP contribution in [0.1, 0.15) is 19.8 Å². The Morgan fingerprint density at radius 1 is 1.80 bits per heavy atom. The SMILES string of the molecule is C=CC1=C[C@H](O)C[C@@H](C)C1. The van der Waals surface area contributed by atoms with Gasteiger partial charge in [0.25, 0.3) is 0 Å². The van der Waals surface area contributed by atoms with Crippen molar-refractivity contribution in [2.75, 3.05) is 0 Å². The van der Waals surface area contributed by atoms with Crippen LogP contribution in [0.25, 0.3) is 0 Å². The van der Waals surface area contributed by atoms with E-state index in [2.05, 4.69) is 13.5 Å². The van der Waals surface area contributed by atoms with Crippen LogP contribution in [-0.4, -0.2) is 11.2 Å². The molecule has 0 aromatic rings. The second-order valence-corrected chi connectivity index (χ2v) is 3.06. The summed E-state index contributed by atoms with van der Waals surface area (Å²) in [5.74, 6) is 0.605. The molecule has 0 aromatic heterocycles. The van der Waals surface area contributed by atoms with Crippen molar-refractivity contribution >= 4 is 0 Å². The van der Waals surface area contributed by atoms with E-state index in [0.717, 1.165) is 12.8 Å². The quantitative estimate of drug-likeness (QED) is 0.586. The predicted octanol–water partition coefficient (Wildman–Crippen LogP) is 1.89. The lowest BCUT2D eigenvalue weighted by molar-refractivity contribution is 0.181. The van der Waals surface area contributed by atoms with Gasteiger partial charge in [-0.2, -0.15) is 0 Å². The van der Waals surface area contributed by atoms with Gasteiger partial charge in [-0.15, -0.1) is 0 Å². The minimum atomic E-state index is -0.239. The molecule has 2 atom stereocenters. The van der Waals surface area contributed by atoms with Gasteiger partial charge >= 0.3 is 0 Å². The molecule has 1 nitrogen and oxygen atoms in total. The fourth-order valence-corrected chi connectivity index (χ4v) is 1.43. The first-order chi connectivity index (χ1) is 4.72. The smallest absolute Gasteiger partial charge is 0.0729 e. The van der Waals surface area contributed by atoms with E-state index in [1.165, 1.54) is 5.57 Å². The molecule has 1 heteroatoms. The summed E-state index contributed by atoms with van der Waals surface area (Å²) < 4.78 is 0. The van der Waals surface area contributed by atoms with Gasteiger partial charge < -0.3 is 5.11 Å². The van der Waals surface area contributed by atoms with Crippen molar-refractivity contribution in [1.29, 1.82) is 0 Å². The van der Waals surface area contributed by atoms with Crippen LogP contribution in [0.2, 0.25) is 0 Å². The summed E-state index contributed by atoms with van der Waals surface area (Å²) in [5, 5.41) is 9.26. The molecule has 10 heavy (non-hydrogen) atoms. The van der Waals surface area contributed by atoms with Crippen LogP contribution in [0, 0.1) is 5.92 Å². The molecular weight excluding hydrogens is 124 g/mol. The van der Waals surface area contributed by atoms with Crippen LogP contribution in [-0.2, 0) is 0 Å². The lowest BCUT2D eigenvalue weighted by atomic mass is 9.89. The molecule has 0 saturated carbocycles. The summed E-state index contributed by atoms with van der Waals surface area (Å²) in [6.45, 7) is 5.83. The lowest BCUT2D eigenvalue weighted by Gasteiger charge is -2.20. The van der Waals surface area contributed by atoms with Crippen molar-refractivity contribution < 1.29 is 5.11 Å². The molecule has 0 aromatic carbocycles. The molecular formula is C9H14O. The van der Waals surface area contributed by atoms with E-state index in [0.29, 0.717) is 5.92 Å². The number of rotatable bonds is 1. The maximum absolute atomic E-state index is 9.26. The molecule has 1 aliphatic carbocycles. The van der Waals surface area contributed by atoms with Gasteiger partial charge in [-0.05, 0) is 24.3 Å². The Morgan fingerprint density at radius 2 is 2.50 bits per heavy atom. The molecule has 0 saturated heterocycles. The van der Waals surface area contributed by atoms with Gasteiger partial charge in [0.05, 0.1) is 6.10 Å². The molecule has 0 amide bonds. The summed E-state index contributed by atoms with van der Waals surface area (Å²) in [5.41, 5.74) is 1.19. The van der Waals surface area contributed by atoms with Crippen molar-refractivity contribution in [3.05, 3.63) is 24.3 Å². The number of hydrogen-bond acceptors (Lipinski definition) is 1. The van der Waals surface area contributed by atoms with Gasteiger partial charge in [0.1, 0.15) is 0 Å². The first-order valence-electron chi connectivity index (χ1n) is 3.73. The van der Waals surface area contributed by atoms with E-state index in [1.807, 2.05) is 12.2 Å². The van der Waals surface area contributed by atoms with Crippen LogP contribution < -0.4 is 0 Å². The van der Waals surface area contributed by atoms with Gasteiger partial charge in [-0.25, -0.2) is 0 Å². The van der Waals surface area contributed by atoms with Gasteiger partial charge in [0, 0.05) is 0 Å². The number of allylic oxidation sites excluding steroid dienone is 2. The Labute approximate surface area is 62.1 Å². The zero-order chi connectivity index (χ0) is 7.56. The number of aliphatic hydroxyl groups excluding tert-OH is 1. The Morgan fingerprint density at radius 3 is 3.00 bits per heavy atom. The van der Waals surface area contributed by atoms with Crippen molar-refractivity contribution in [2.45, 2.75) is 25.9 Å². The van der Waals surface area contributed by atoms with E-state index < -0.39 is 0 Å². The van der Waals surface area contributed by atoms with Crippen molar-refractivity contribution in [3.63, 3.8) is 0 Å². The summed E-state index contributed by atoms with van der Waals surface area (Å²) in [6, 6.07) is 0. The molecule has 0 aliphatic heterocycles. The summed E-state index contributed by atoms with van der Waals surface area (Å²) >= 11 is 0. The highest BCUT2D eigenvalue weighted by Gasteiger charge is 2.14. The van der Waals surface area contributed by atoms with E-state index >= 15 is 0 Å². The maximum Gasteiger partial charge on any atom is 0.0729 e.